The summed E-state index contributed by atoms with van der Waals surface area (Å²) in [6, 6.07) is 17.8. The molecule has 0 radical (unpaired) electrons. The summed E-state index contributed by atoms with van der Waals surface area (Å²) in [6.07, 6.45) is 0. The van der Waals surface area contributed by atoms with Crippen LogP contribution in [0.2, 0.25) is 5.02 Å². The van der Waals surface area contributed by atoms with Crippen LogP contribution in [0.4, 0.5) is 0 Å². The molecule has 0 saturated carbocycles. The second kappa shape index (κ2) is 6.55. The number of halogens is 1. The van der Waals surface area contributed by atoms with E-state index in [1.165, 1.54) is 0 Å². The summed E-state index contributed by atoms with van der Waals surface area (Å²) in [5.74, 6) is 0.0833. The van der Waals surface area contributed by atoms with E-state index in [2.05, 4.69) is 12.1 Å². The summed E-state index contributed by atoms with van der Waals surface area (Å²) in [6.45, 7) is 0.418. The predicted molar refractivity (Wildman–Crippen MR) is 82.5 cm³/mol. The summed E-state index contributed by atoms with van der Waals surface area (Å²) in [7, 11) is 0. The molecular formula is C15H14ClNOS. The van der Waals surface area contributed by atoms with Crippen molar-refractivity contribution < 1.29 is 4.74 Å². The van der Waals surface area contributed by atoms with Crippen molar-refractivity contribution in [3.63, 3.8) is 0 Å². The van der Waals surface area contributed by atoms with Gasteiger partial charge in [-0.15, -0.1) is 0 Å². The van der Waals surface area contributed by atoms with E-state index >= 15 is 0 Å². The third-order valence-corrected chi connectivity index (χ3v) is 3.24. The van der Waals surface area contributed by atoms with Crippen molar-refractivity contribution in [1.82, 2.24) is 0 Å². The van der Waals surface area contributed by atoms with Crippen LogP contribution in [0.5, 0.6) is 0 Å². The number of ether oxygens (including phenoxy) is 1. The van der Waals surface area contributed by atoms with Crippen molar-refractivity contribution in [3.05, 3.63) is 70.7 Å². The smallest absolute Gasteiger partial charge is 0.253 e. The van der Waals surface area contributed by atoms with Crippen molar-refractivity contribution in [3.8, 4) is 0 Å². The van der Waals surface area contributed by atoms with E-state index in [0.717, 1.165) is 11.1 Å². The Kier molecular flexibility index (Phi) is 4.77. The second-order valence-electron chi connectivity index (χ2n) is 4.14. The molecule has 0 aliphatic carbocycles. The molecular weight excluding hydrogens is 278 g/mol. The molecule has 4 heteroatoms. The highest BCUT2D eigenvalue weighted by molar-refractivity contribution is 7.80. The molecule has 19 heavy (non-hydrogen) atoms. The van der Waals surface area contributed by atoms with Crippen LogP contribution in [0, 0.1) is 0 Å². The van der Waals surface area contributed by atoms with Gasteiger partial charge in [-0.2, -0.15) is 0 Å². The van der Waals surface area contributed by atoms with Gasteiger partial charge < -0.3 is 10.5 Å². The Morgan fingerprint density at radius 2 is 1.63 bits per heavy atom. The predicted octanol–water partition coefficient (Wildman–Crippen LogP) is 3.73. The quantitative estimate of drug-likeness (QED) is 0.872. The minimum Gasteiger partial charge on any atom is -0.470 e. The maximum atomic E-state index is 5.92. The number of nitrogens with two attached hydrogens (primary N) is 1. The first-order valence-electron chi connectivity index (χ1n) is 5.89. The first-order valence-corrected chi connectivity index (χ1v) is 6.68. The van der Waals surface area contributed by atoms with Gasteiger partial charge in [0.1, 0.15) is 6.61 Å². The van der Waals surface area contributed by atoms with Crippen LogP contribution in [-0.2, 0) is 4.74 Å². The normalized spacial score (nSPS) is 11.8. The van der Waals surface area contributed by atoms with Crippen molar-refractivity contribution in [2.45, 2.75) is 5.92 Å². The van der Waals surface area contributed by atoms with Crippen LogP contribution in [-0.4, -0.2) is 11.8 Å². The Balaban J connectivity index is 2.28. The van der Waals surface area contributed by atoms with E-state index in [4.69, 9.17) is 34.3 Å². The maximum Gasteiger partial charge on any atom is 0.253 e. The zero-order valence-electron chi connectivity index (χ0n) is 10.3. The van der Waals surface area contributed by atoms with Gasteiger partial charge in [0.15, 0.2) is 0 Å². The fourth-order valence-corrected chi connectivity index (χ4v) is 2.12. The van der Waals surface area contributed by atoms with Crippen LogP contribution >= 0.6 is 23.8 Å². The van der Waals surface area contributed by atoms with Crippen molar-refractivity contribution in [2.24, 2.45) is 5.73 Å². The van der Waals surface area contributed by atoms with Gasteiger partial charge in [-0.3, -0.25) is 0 Å². The van der Waals surface area contributed by atoms with Gasteiger partial charge in [-0.25, -0.2) is 0 Å². The van der Waals surface area contributed by atoms with E-state index in [1.807, 2.05) is 42.5 Å². The molecule has 0 aliphatic heterocycles. The van der Waals surface area contributed by atoms with Crippen LogP contribution in [0.3, 0.4) is 0 Å². The highest BCUT2D eigenvalue weighted by atomic mass is 35.5. The first kappa shape index (κ1) is 13.8. The van der Waals surface area contributed by atoms with Gasteiger partial charge in [-0.05, 0) is 35.5 Å². The van der Waals surface area contributed by atoms with Gasteiger partial charge in [0.05, 0.1) is 0 Å². The van der Waals surface area contributed by atoms with E-state index in [0.29, 0.717) is 11.6 Å². The molecule has 98 valence electrons. The van der Waals surface area contributed by atoms with E-state index in [9.17, 15) is 0 Å². The van der Waals surface area contributed by atoms with Crippen molar-refractivity contribution in [2.75, 3.05) is 6.61 Å². The number of benzene rings is 2. The lowest BCUT2D eigenvalue weighted by Gasteiger charge is -2.18. The minimum absolute atomic E-state index is 0.0647. The van der Waals surface area contributed by atoms with E-state index < -0.39 is 0 Å². The topological polar surface area (TPSA) is 35.2 Å². The van der Waals surface area contributed by atoms with E-state index in [-0.39, 0.29) is 11.1 Å². The highest BCUT2D eigenvalue weighted by Crippen LogP contribution is 2.26. The molecule has 0 fully saturated rings. The molecule has 0 amide bonds. The maximum absolute atomic E-state index is 5.92. The fourth-order valence-electron chi connectivity index (χ4n) is 1.93. The summed E-state index contributed by atoms with van der Waals surface area (Å²) in [5.41, 5.74) is 7.68. The van der Waals surface area contributed by atoms with Gasteiger partial charge in [0, 0.05) is 10.9 Å². The summed E-state index contributed by atoms with van der Waals surface area (Å²) in [4.78, 5) is 0. The van der Waals surface area contributed by atoms with Crippen LogP contribution in [0.15, 0.2) is 54.6 Å². The Labute approximate surface area is 123 Å². The SMILES string of the molecule is NC(=S)OCC(c1ccccc1)c1ccc(Cl)cc1. The molecule has 2 nitrogen and oxygen atoms in total. The number of hydrogen-bond acceptors (Lipinski definition) is 2. The van der Waals surface area contributed by atoms with Gasteiger partial charge in [0.2, 0.25) is 0 Å². The summed E-state index contributed by atoms with van der Waals surface area (Å²) in [5, 5.41) is 0.778. The van der Waals surface area contributed by atoms with E-state index in [1.54, 1.807) is 0 Å². The van der Waals surface area contributed by atoms with Gasteiger partial charge in [0.25, 0.3) is 5.17 Å². The lowest BCUT2D eigenvalue weighted by molar-refractivity contribution is 0.294. The average Bonchev–Trinajstić information content (AvgIpc) is 2.42. The van der Waals surface area contributed by atoms with Gasteiger partial charge in [-0.1, -0.05) is 54.1 Å². The van der Waals surface area contributed by atoms with Gasteiger partial charge >= 0.3 is 0 Å². The standard InChI is InChI=1S/C15H14ClNOS/c16-13-8-6-12(7-9-13)14(10-18-15(17)19)11-4-2-1-3-5-11/h1-9,14H,10H2,(H2,17,19). The molecule has 0 aliphatic rings. The third kappa shape index (κ3) is 3.94. The molecule has 1 atom stereocenters. The largest absolute Gasteiger partial charge is 0.470 e. The lowest BCUT2D eigenvalue weighted by atomic mass is 9.92. The molecule has 0 heterocycles. The highest BCUT2D eigenvalue weighted by Gasteiger charge is 2.15. The Morgan fingerprint density at radius 1 is 1.05 bits per heavy atom. The van der Waals surface area contributed by atoms with Crippen LogP contribution in [0.25, 0.3) is 0 Å². The molecule has 0 saturated heterocycles. The molecule has 0 aromatic heterocycles. The van der Waals surface area contributed by atoms with Crippen molar-refractivity contribution >= 4 is 29.0 Å². The number of rotatable bonds is 4. The summed E-state index contributed by atoms with van der Waals surface area (Å²) >= 11 is 10.7. The molecule has 2 aromatic carbocycles. The molecule has 0 bridgehead atoms. The molecule has 0 spiro atoms. The fraction of sp³-hybridized carbons (Fsp3) is 0.133. The zero-order chi connectivity index (χ0) is 13.7. The molecule has 1 unspecified atom stereocenters. The molecule has 2 aromatic rings. The Bertz CT molecular complexity index is 542. The molecule has 2 N–H and O–H groups in total. The minimum atomic E-state index is 0.0647. The number of hydrogen-bond donors (Lipinski definition) is 1. The third-order valence-electron chi connectivity index (χ3n) is 2.87. The zero-order valence-corrected chi connectivity index (χ0v) is 11.8. The Morgan fingerprint density at radius 3 is 2.21 bits per heavy atom. The number of thiocarbonyl (C=S) groups is 1. The summed E-state index contributed by atoms with van der Waals surface area (Å²) < 4.78 is 5.32. The second-order valence-corrected chi connectivity index (χ2v) is 4.98. The average molecular weight is 292 g/mol. The van der Waals surface area contributed by atoms with Crippen LogP contribution in [0.1, 0.15) is 17.0 Å². The lowest BCUT2D eigenvalue weighted by Crippen LogP contribution is -2.18. The Hall–Kier alpha value is -1.58. The first-order chi connectivity index (χ1) is 9.16. The molecule has 2 rings (SSSR count). The van der Waals surface area contributed by atoms with Crippen LogP contribution < -0.4 is 5.73 Å². The monoisotopic (exact) mass is 291 g/mol. The van der Waals surface area contributed by atoms with Crippen molar-refractivity contribution in [1.29, 1.82) is 0 Å².